The second kappa shape index (κ2) is 4.67. The number of hydrogen-bond donors (Lipinski definition) is 4. The average Bonchev–Trinajstić information content (AvgIpc) is 2.97. The van der Waals surface area contributed by atoms with Gasteiger partial charge in [0.25, 0.3) is 0 Å². The molecular weight excluding hydrogens is 268 g/mol. The maximum atomic E-state index is 10.0. The number of oxime groups is 1. The number of aromatic nitrogens is 4. The van der Waals surface area contributed by atoms with Gasteiger partial charge in [-0.25, -0.2) is 15.0 Å². The van der Waals surface area contributed by atoms with Crippen LogP contribution in [0.15, 0.2) is 17.8 Å². The van der Waals surface area contributed by atoms with Gasteiger partial charge in [0.1, 0.15) is 30.2 Å². The van der Waals surface area contributed by atoms with Crippen LogP contribution < -0.4 is 5.73 Å². The van der Waals surface area contributed by atoms with Gasteiger partial charge in [-0.05, 0) is 0 Å². The lowest BCUT2D eigenvalue weighted by Crippen LogP contribution is -2.32. The first-order valence-electron chi connectivity index (χ1n) is 5.75. The first-order valence-corrected chi connectivity index (χ1v) is 5.75. The number of nitrogens with two attached hydrogens (primary N) is 1. The van der Waals surface area contributed by atoms with Crippen molar-refractivity contribution in [3.8, 4) is 0 Å². The summed E-state index contributed by atoms with van der Waals surface area (Å²) in [4.78, 5) is 11.9. The van der Waals surface area contributed by atoms with Crippen LogP contribution in [-0.2, 0) is 4.74 Å². The van der Waals surface area contributed by atoms with Gasteiger partial charge in [0.15, 0.2) is 17.7 Å². The molecule has 1 saturated heterocycles. The van der Waals surface area contributed by atoms with Crippen LogP contribution >= 0.6 is 0 Å². The van der Waals surface area contributed by atoms with Gasteiger partial charge in [-0.15, -0.1) is 0 Å². The maximum Gasteiger partial charge on any atom is 0.167 e. The molecule has 3 heterocycles. The summed E-state index contributed by atoms with van der Waals surface area (Å²) in [5, 5.41) is 31.1. The molecule has 1 aliphatic rings. The van der Waals surface area contributed by atoms with Crippen molar-refractivity contribution in [3.63, 3.8) is 0 Å². The summed E-state index contributed by atoms with van der Waals surface area (Å²) in [6.07, 6.45) is -0.672. The zero-order valence-electron chi connectivity index (χ0n) is 10.1. The summed E-state index contributed by atoms with van der Waals surface area (Å²) < 4.78 is 6.87. The molecule has 0 aliphatic carbocycles. The van der Waals surface area contributed by atoms with Gasteiger partial charge in [0.05, 0.1) is 12.5 Å². The van der Waals surface area contributed by atoms with E-state index >= 15 is 0 Å². The fraction of sp³-hybridized carbons (Fsp3) is 0.400. The molecule has 0 unspecified atom stereocenters. The van der Waals surface area contributed by atoms with Crippen LogP contribution in [0.2, 0.25) is 0 Å². The molecule has 10 heteroatoms. The van der Waals surface area contributed by atoms with E-state index in [-0.39, 0.29) is 5.82 Å². The summed E-state index contributed by atoms with van der Waals surface area (Å²) in [6, 6.07) is 0. The number of aliphatic hydroxyl groups excluding tert-OH is 2. The van der Waals surface area contributed by atoms with E-state index in [1.54, 1.807) is 0 Å². The van der Waals surface area contributed by atoms with Crippen molar-refractivity contribution >= 4 is 23.2 Å². The van der Waals surface area contributed by atoms with Crippen molar-refractivity contribution in [1.29, 1.82) is 0 Å². The Morgan fingerprint density at radius 2 is 2.10 bits per heavy atom. The second-order valence-corrected chi connectivity index (χ2v) is 4.32. The maximum absolute atomic E-state index is 10.0. The van der Waals surface area contributed by atoms with Crippen LogP contribution in [0.1, 0.15) is 6.23 Å². The molecule has 0 bridgehead atoms. The number of nitrogens with zero attached hydrogens (tertiary/aromatic N) is 5. The lowest BCUT2D eigenvalue weighted by Gasteiger charge is -2.16. The summed E-state index contributed by atoms with van der Waals surface area (Å²) in [5.74, 6) is 0.204. The Balaban J connectivity index is 2.02. The van der Waals surface area contributed by atoms with Gasteiger partial charge < -0.3 is 25.9 Å². The number of hydrogen-bond acceptors (Lipinski definition) is 9. The highest BCUT2D eigenvalue weighted by Gasteiger charge is 2.43. The van der Waals surface area contributed by atoms with Gasteiger partial charge in [-0.1, -0.05) is 5.16 Å². The van der Waals surface area contributed by atoms with Gasteiger partial charge in [-0.2, -0.15) is 0 Å². The van der Waals surface area contributed by atoms with Crippen molar-refractivity contribution in [2.75, 3.05) is 5.73 Å². The molecule has 106 valence electrons. The van der Waals surface area contributed by atoms with Crippen molar-refractivity contribution < 1.29 is 20.2 Å². The third-order valence-corrected chi connectivity index (χ3v) is 3.15. The Morgan fingerprint density at radius 1 is 1.30 bits per heavy atom. The number of imidazole rings is 1. The number of rotatable bonds is 2. The van der Waals surface area contributed by atoms with Crippen molar-refractivity contribution in [2.45, 2.75) is 24.5 Å². The molecule has 2 aromatic heterocycles. The Kier molecular flexibility index (Phi) is 2.97. The number of fused-ring (bicyclic) bond motifs is 1. The molecule has 1 aliphatic heterocycles. The molecule has 10 nitrogen and oxygen atoms in total. The third kappa shape index (κ3) is 1.78. The minimum absolute atomic E-state index is 0.204. The predicted molar refractivity (Wildman–Crippen MR) is 65.9 cm³/mol. The quantitative estimate of drug-likeness (QED) is 0.294. The molecule has 2 aromatic rings. The molecular formula is C10H12N6O4. The molecule has 0 radical (unpaired) electrons. The number of anilines is 1. The van der Waals surface area contributed by atoms with E-state index in [0.29, 0.717) is 11.2 Å². The highest BCUT2D eigenvalue weighted by molar-refractivity contribution is 5.81. The molecule has 1 fully saturated rings. The van der Waals surface area contributed by atoms with Gasteiger partial charge >= 0.3 is 0 Å². The van der Waals surface area contributed by atoms with E-state index in [0.717, 1.165) is 6.21 Å². The highest BCUT2D eigenvalue weighted by atomic mass is 16.6. The normalized spacial score (nSPS) is 30.5. The lowest BCUT2D eigenvalue weighted by atomic mass is 10.1. The lowest BCUT2D eigenvalue weighted by molar-refractivity contribution is -0.0214. The first-order chi connectivity index (χ1) is 9.63. The Bertz CT molecular complexity index is 658. The van der Waals surface area contributed by atoms with Crippen LogP contribution in [-0.4, -0.2) is 59.5 Å². The van der Waals surface area contributed by atoms with Crippen LogP contribution in [0.3, 0.4) is 0 Å². The number of aliphatic hydroxyl groups is 2. The summed E-state index contributed by atoms with van der Waals surface area (Å²) in [5.41, 5.74) is 6.41. The number of ether oxygens (including phenoxy) is 1. The van der Waals surface area contributed by atoms with E-state index in [1.165, 1.54) is 17.2 Å². The van der Waals surface area contributed by atoms with Gasteiger partial charge in [-0.3, -0.25) is 4.57 Å². The molecule has 0 saturated carbocycles. The van der Waals surface area contributed by atoms with Crippen molar-refractivity contribution in [3.05, 3.63) is 12.7 Å². The Hall–Kier alpha value is -2.30. The SMILES string of the molecule is Nc1ncnc2c1ncn2[C@@H]1O[C@H](C=NO)[C@@H](O)[C@H]1O. The van der Waals surface area contributed by atoms with Crippen LogP contribution in [0.5, 0.6) is 0 Å². The van der Waals surface area contributed by atoms with E-state index < -0.39 is 24.5 Å². The first kappa shape index (κ1) is 12.7. The molecule has 0 spiro atoms. The van der Waals surface area contributed by atoms with Crippen LogP contribution in [0.25, 0.3) is 11.2 Å². The Morgan fingerprint density at radius 3 is 2.85 bits per heavy atom. The standard InChI is InChI=1S/C10H12N6O4/c11-8-5-9(13-2-12-8)16(3-14-5)10-7(18)6(17)4(20-10)1-15-19/h1-4,6-7,10,17-19H,(H2,11,12,13)/t4-,6-,7-,10-/m1/s1. The topological polar surface area (TPSA) is 152 Å². The van der Waals surface area contributed by atoms with E-state index in [2.05, 4.69) is 20.1 Å². The minimum atomic E-state index is -1.23. The van der Waals surface area contributed by atoms with Crippen LogP contribution in [0, 0.1) is 0 Å². The van der Waals surface area contributed by atoms with Gasteiger partial charge in [0, 0.05) is 0 Å². The molecule has 20 heavy (non-hydrogen) atoms. The fourth-order valence-electron chi connectivity index (χ4n) is 2.16. The molecule has 5 N–H and O–H groups in total. The van der Waals surface area contributed by atoms with Crippen molar-refractivity contribution in [1.82, 2.24) is 19.5 Å². The minimum Gasteiger partial charge on any atom is -0.411 e. The van der Waals surface area contributed by atoms with E-state index in [4.69, 9.17) is 15.7 Å². The predicted octanol–water partition coefficient (Wildman–Crippen LogP) is -1.51. The zero-order valence-corrected chi connectivity index (χ0v) is 10.1. The highest BCUT2D eigenvalue weighted by Crippen LogP contribution is 2.31. The Labute approximate surface area is 112 Å². The third-order valence-electron chi connectivity index (χ3n) is 3.15. The van der Waals surface area contributed by atoms with Crippen molar-refractivity contribution in [2.24, 2.45) is 5.16 Å². The number of nitrogen functional groups attached to an aromatic ring is 1. The zero-order chi connectivity index (χ0) is 14.3. The average molecular weight is 280 g/mol. The molecule has 0 amide bonds. The molecule has 0 aromatic carbocycles. The summed E-state index contributed by atoms with van der Waals surface area (Å²) >= 11 is 0. The van der Waals surface area contributed by atoms with Gasteiger partial charge in [0.2, 0.25) is 0 Å². The summed E-state index contributed by atoms with van der Waals surface area (Å²) in [7, 11) is 0. The molecule has 3 rings (SSSR count). The van der Waals surface area contributed by atoms with E-state index in [9.17, 15) is 10.2 Å². The largest absolute Gasteiger partial charge is 0.411 e. The summed E-state index contributed by atoms with van der Waals surface area (Å²) in [6.45, 7) is 0. The second-order valence-electron chi connectivity index (χ2n) is 4.32. The van der Waals surface area contributed by atoms with E-state index in [1.807, 2.05) is 0 Å². The smallest absolute Gasteiger partial charge is 0.167 e. The van der Waals surface area contributed by atoms with Crippen LogP contribution in [0.4, 0.5) is 5.82 Å². The monoisotopic (exact) mass is 280 g/mol. The molecule has 4 atom stereocenters. The fourth-order valence-corrected chi connectivity index (χ4v) is 2.16.